The number of carbonyl (C=O) groups excluding carboxylic acids is 1. The molecule has 1 aliphatic rings. The summed E-state index contributed by atoms with van der Waals surface area (Å²) in [7, 11) is 0. The van der Waals surface area contributed by atoms with E-state index in [-0.39, 0.29) is 17.7 Å². The highest BCUT2D eigenvalue weighted by atomic mass is 19.1. The first-order valence-electron chi connectivity index (χ1n) is 9.62. The summed E-state index contributed by atoms with van der Waals surface area (Å²) >= 11 is 0. The van der Waals surface area contributed by atoms with Gasteiger partial charge in [-0.1, -0.05) is 36.3 Å². The van der Waals surface area contributed by atoms with Gasteiger partial charge in [0, 0.05) is 17.8 Å². The van der Waals surface area contributed by atoms with Crippen LogP contribution in [0.25, 0.3) is 17.0 Å². The highest BCUT2D eigenvalue weighted by Crippen LogP contribution is 2.37. The van der Waals surface area contributed by atoms with Crippen molar-refractivity contribution >= 4 is 11.6 Å². The van der Waals surface area contributed by atoms with Gasteiger partial charge in [0.2, 0.25) is 5.82 Å². The number of halogens is 2. The summed E-state index contributed by atoms with van der Waals surface area (Å²) < 4.78 is 33.0. The summed E-state index contributed by atoms with van der Waals surface area (Å²) in [6.07, 6.45) is 0.751. The van der Waals surface area contributed by atoms with E-state index in [1.54, 1.807) is 36.1 Å². The van der Waals surface area contributed by atoms with E-state index in [2.05, 4.69) is 15.5 Å². The standard InChI is InChI=1S/C22H20F2N4O2/c1-3-10-28-13(2)18(19(25-22(28)29)14-6-4-8-16(23)11-14)21-26-20(27-30-21)15-7-5-9-17(24)12-15/h4-9,11-12,19H,3,10H2,1-2H3,(H,25,29). The largest absolute Gasteiger partial charge is 0.334 e. The molecule has 2 heterocycles. The molecule has 1 aliphatic heterocycles. The van der Waals surface area contributed by atoms with Crippen LogP contribution in [0.2, 0.25) is 0 Å². The van der Waals surface area contributed by atoms with Crippen LogP contribution in [-0.4, -0.2) is 27.6 Å². The first-order chi connectivity index (χ1) is 14.5. The summed E-state index contributed by atoms with van der Waals surface area (Å²) in [5, 5.41) is 6.89. The van der Waals surface area contributed by atoms with E-state index in [9.17, 15) is 13.6 Å². The number of nitrogens with zero attached hydrogens (tertiary/aromatic N) is 3. The van der Waals surface area contributed by atoms with Gasteiger partial charge in [-0.25, -0.2) is 13.6 Å². The van der Waals surface area contributed by atoms with Gasteiger partial charge in [0.1, 0.15) is 11.6 Å². The third-order valence-corrected chi connectivity index (χ3v) is 4.96. The molecule has 0 spiro atoms. The number of nitrogens with one attached hydrogen (secondary N) is 1. The lowest BCUT2D eigenvalue weighted by Gasteiger charge is -2.35. The second-order valence-electron chi connectivity index (χ2n) is 7.02. The number of rotatable bonds is 5. The summed E-state index contributed by atoms with van der Waals surface area (Å²) in [6, 6.07) is 10.9. The maximum atomic E-state index is 13.9. The fourth-order valence-electron chi connectivity index (χ4n) is 3.57. The van der Waals surface area contributed by atoms with Crippen LogP contribution in [-0.2, 0) is 0 Å². The maximum Gasteiger partial charge on any atom is 0.322 e. The zero-order valence-corrected chi connectivity index (χ0v) is 16.5. The van der Waals surface area contributed by atoms with Crippen molar-refractivity contribution in [3.05, 3.63) is 77.3 Å². The Balaban J connectivity index is 1.82. The predicted octanol–water partition coefficient (Wildman–Crippen LogP) is 4.92. The van der Waals surface area contributed by atoms with Gasteiger partial charge in [0.05, 0.1) is 11.6 Å². The van der Waals surface area contributed by atoms with Gasteiger partial charge >= 0.3 is 6.03 Å². The SMILES string of the molecule is CCCN1C(=O)NC(c2cccc(F)c2)C(c2nc(-c3cccc(F)c3)no2)=C1C. The third-order valence-electron chi connectivity index (χ3n) is 4.96. The van der Waals surface area contributed by atoms with E-state index in [1.165, 1.54) is 24.3 Å². The lowest BCUT2D eigenvalue weighted by molar-refractivity contribution is 0.205. The van der Waals surface area contributed by atoms with E-state index in [4.69, 9.17) is 4.52 Å². The molecule has 2 amide bonds. The van der Waals surface area contributed by atoms with Crippen LogP contribution in [0.1, 0.15) is 37.8 Å². The normalized spacial score (nSPS) is 16.7. The second-order valence-corrected chi connectivity index (χ2v) is 7.02. The molecule has 154 valence electrons. The van der Waals surface area contributed by atoms with Crippen molar-refractivity contribution < 1.29 is 18.1 Å². The monoisotopic (exact) mass is 410 g/mol. The molecule has 0 saturated heterocycles. The number of hydrogen-bond acceptors (Lipinski definition) is 4. The van der Waals surface area contributed by atoms with E-state index in [0.29, 0.717) is 28.9 Å². The second kappa shape index (κ2) is 8.06. The highest BCUT2D eigenvalue weighted by Gasteiger charge is 2.35. The molecule has 2 aromatic carbocycles. The van der Waals surface area contributed by atoms with E-state index in [0.717, 1.165) is 6.42 Å². The molecule has 8 heteroatoms. The molecule has 0 saturated carbocycles. The Hall–Kier alpha value is -3.55. The Labute approximate surface area is 172 Å². The fraction of sp³-hybridized carbons (Fsp3) is 0.227. The van der Waals surface area contributed by atoms with Gasteiger partial charge in [-0.05, 0) is 43.2 Å². The molecule has 1 N–H and O–H groups in total. The molecule has 0 aliphatic carbocycles. The van der Waals surface area contributed by atoms with Crippen LogP contribution in [0.5, 0.6) is 0 Å². The molecule has 3 aromatic rings. The van der Waals surface area contributed by atoms with Crippen LogP contribution in [0, 0.1) is 11.6 Å². The molecule has 0 radical (unpaired) electrons. The van der Waals surface area contributed by atoms with Gasteiger partial charge in [-0.2, -0.15) is 4.98 Å². The molecule has 4 rings (SSSR count). The number of aromatic nitrogens is 2. The van der Waals surface area contributed by atoms with Gasteiger partial charge in [0.15, 0.2) is 0 Å². The van der Waals surface area contributed by atoms with E-state index < -0.39 is 17.7 Å². The van der Waals surface area contributed by atoms with Crippen LogP contribution < -0.4 is 5.32 Å². The van der Waals surface area contributed by atoms with Crippen molar-refractivity contribution in [1.29, 1.82) is 0 Å². The molecular formula is C22H20F2N4O2. The Morgan fingerprint density at radius 3 is 2.57 bits per heavy atom. The number of carbonyl (C=O) groups is 1. The minimum atomic E-state index is -0.665. The molecule has 0 fully saturated rings. The molecule has 1 unspecified atom stereocenters. The molecule has 6 nitrogen and oxygen atoms in total. The molecule has 1 atom stereocenters. The Bertz CT molecular complexity index is 1130. The number of urea groups is 1. The zero-order valence-electron chi connectivity index (χ0n) is 16.5. The average molecular weight is 410 g/mol. The average Bonchev–Trinajstić information content (AvgIpc) is 3.20. The summed E-state index contributed by atoms with van der Waals surface area (Å²) in [5.41, 5.74) is 2.24. The van der Waals surface area contributed by atoms with Crippen molar-refractivity contribution in [2.24, 2.45) is 0 Å². The van der Waals surface area contributed by atoms with Crippen LogP contribution in [0.3, 0.4) is 0 Å². The number of amides is 2. The smallest absolute Gasteiger partial charge is 0.322 e. The van der Waals surface area contributed by atoms with Gasteiger partial charge in [-0.3, -0.25) is 4.90 Å². The first kappa shape index (κ1) is 19.8. The molecule has 1 aromatic heterocycles. The van der Waals surface area contributed by atoms with E-state index in [1.807, 2.05) is 6.92 Å². The lowest BCUT2D eigenvalue weighted by atomic mass is 9.94. The van der Waals surface area contributed by atoms with Crippen LogP contribution in [0.15, 0.2) is 58.8 Å². The van der Waals surface area contributed by atoms with Crippen molar-refractivity contribution in [3.63, 3.8) is 0 Å². The Kier molecular flexibility index (Phi) is 5.31. The van der Waals surface area contributed by atoms with Crippen molar-refractivity contribution in [2.45, 2.75) is 26.3 Å². The fourth-order valence-corrected chi connectivity index (χ4v) is 3.57. The Morgan fingerprint density at radius 1 is 1.13 bits per heavy atom. The predicted molar refractivity (Wildman–Crippen MR) is 107 cm³/mol. The van der Waals surface area contributed by atoms with E-state index >= 15 is 0 Å². The van der Waals surface area contributed by atoms with Gasteiger partial charge < -0.3 is 9.84 Å². The number of hydrogen-bond donors (Lipinski definition) is 1. The number of benzene rings is 2. The van der Waals surface area contributed by atoms with Crippen LogP contribution in [0.4, 0.5) is 13.6 Å². The summed E-state index contributed by atoms with van der Waals surface area (Å²) in [6.45, 7) is 4.26. The summed E-state index contributed by atoms with van der Waals surface area (Å²) in [4.78, 5) is 18.7. The lowest BCUT2D eigenvalue weighted by Crippen LogP contribution is -2.46. The van der Waals surface area contributed by atoms with Crippen molar-refractivity contribution in [2.75, 3.05) is 6.54 Å². The Morgan fingerprint density at radius 2 is 1.87 bits per heavy atom. The highest BCUT2D eigenvalue weighted by molar-refractivity contribution is 5.86. The van der Waals surface area contributed by atoms with Gasteiger partial charge in [0.25, 0.3) is 5.89 Å². The maximum absolute atomic E-state index is 13.9. The zero-order chi connectivity index (χ0) is 21.3. The minimum Gasteiger partial charge on any atom is -0.334 e. The molecular weight excluding hydrogens is 390 g/mol. The first-order valence-corrected chi connectivity index (χ1v) is 9.62. The summed E-state index contributed by atoms with van der Waals surface area (Å²) in [5.74, 6) is -0.421. The molecule has 0 bridgehead atoms. The minimum absolute atomic E-state index is 0.183. The molecule has 30 heavy (non-hydrogen) atoms. The third kappa shape index (κ3) is 3.68. The quantitative estimate of drug-likeness (QED) is 0.648. The van der Waals surface area contributed by atoms with Crippen molar-refractivity contribution in [1.82, 2.24) is 20.4 Å². The number of allylic oxidation sites excluding steroid dienone is 1. The van der Waals surface area contributed by atoms with Crippen LogP contribution >= 0.6 is 0 Å². The topological polar surface area (TPSA) is 71.3 Å². The van der Waals surface area contributed by atoms with Gasteiger partial charge in [-0.15, -0.1) is 0 Å². The van der Waals surface area contributed by atoms with Crippen molar-refractivity contribution in [3.8, 4) is 11.4 Å².